The number of hydrogen-bond donors (Lipinski definition) is 0. The molecule has 0 aliphatic carbocycles. The van der Waals surface area contributed by atoms with Crippen molar-refractivity contribution in [2.45, 2.75) is 39.7 Å². The van der Waals surface area contributed by atoms with Crippen molar-refractivity contribution in [1.82, 2.24) is 14.7 Å². The summed E-state index contributed by atoms with van der Waals surface area (Å²) in [7, 11) is 5.02. The predicted octanol–water partition coefficient (Wildman–Crippen LogP) is 3.87. The van der Waals surface area contributed by atoms with Crippen molar-refractivity contribution in [3.8, 4) is 17.2 Å². The summed E-state index contributed by atoms with van der Waals surface area (Å²) in [5.74, 6) is 1.66. The molecule has 0 N–H and O–H groups in total. The summed E-state index contributed by atoms with van der Waals surface area (Å²) in [4.78, 5) is 19.4. The van der Waals surface area contributed by atoms with E-state index in [0.717, 1.165) is 29.9 Å². The number of ether oxygens (including phenoxy) is 2. The van der Waals surface area contributed by atoms with Gasteiger partial charge in [-0.1, -0.05) is 19.1 Å². The number of nitrogens with zero attached hydrogens (tertiary/aromatic N) is 4. The third-order valence-corrected chi connectivity index (χ3v) is 5.77. The molecule has 2 unspecified atom stereocenters. The van der Waals surface area contributed by atoms with Gasteiger partial charge in [-0.05, 0) is 20.3 Å². The zero-order valence-corrected chi connectivity index (χ0v) is 19.3. The Kier molecular flexibility index (Phi) is 7.15. The van der Waals surface area contributed by atoms with Crippen molar-refractivity contribution in [1.29, 1.82) is 0 Å². The Morgan fingerprint density at radius 1 is 1.19 bits per heavy atom. The number of carbonyl (C=O) groups excluding carboxylic acids is 1. The zero-order valence-electron chi connectivity index (χ0n) is 19.3. The zero-order chi connectivity index (χ0) is 22.5. The van der Waals surface area contributed by atoms with E-state index >= 15 is 0 Å². The summed E-state index contributed by atoms with van der Waals surface area (Å²) in [6.45, 7) is 6.77. The van der Waals surface area contributed by atoms with Crippen LogP contribution in [0.2, 0.25) is 0 Å². The third-order valence-electron chi connectivity index (χ3n) is 5.77. The van der Waals surface area contributed by atoms with Crippen LogP contribution in [-0.2, 0) is 6.42 Å². The summed E-state index contributed by atoms with van der Waals surface area (Å²) in [6, 6.07) is 5.60. The summed E-state index contributed by atoms with van der Waals surface area (Å²) < 4.78 is 12.6. The second-order valence-electron chi connectivity index (χ2n) is 7.74. The molecule has 3 rings (SSSR count). The molecular weight excluding hydrogens is 392 g/mol. The highest BCUT2D eigenvalue weighted by Crippen LogP contribution is 2.29. The van der Waals surface area contributed by atoms with Crippen LogP contribution in [0, 0.1) is 12.8 Å². The maximum absolute atomic E-state index is 13.4. The van der Waals surface area contributed by atoms with Gasteiger partial charge in [0.15, 0.2) is 0 Å². The molecule has 31 heavy (non-hydrogen) atoms. The molecule has 1 aliphatic heterocycles. The van der Waals surface area contributed by atoms with E-state index in [2.05, 4.69) is 31.0 Å². The largest absolute Gasteiger partial charge is 0.497 e. The van der Waals surface area contributed by atoms with E-state index < -0.39 is 0 Å². The van der Waals surface area contributed by atoms with Gasteiger partial charge in [-0.15, -0.1) is 0 Å². The quantitative estimate of drug-likeness (QED) is 0.477. The van der Waals surface area contributed by atoms with E-state index in [9.17, 15) is 4.79 Å². The minimum atomic E-state index is -0.000352. The molecule has 0 bridgehead atoms. The smallest absolute Gasteiger partial charge is 0.258 e. The van der Waals surface area contributed by atoms with E-state index in [4.69, 9.17) is 14.6 Å². The molecule has 166 valence electrons. The Bertz CT molecular complexity index is 971. The van der Waals surface area contributed by atoms with Gasteiger partial charge in [-0.3, -0.25) is 4.79 Å². The number of hydrogen-bond acceptors (Lipinski definition) is 5. The van der Waals surface area contributed by atoms with Gasteiger partial charge in [0.1, 0.15) is 11.5 Å². The van der Waals surface area contributed by atoms with Crippen molar-refractivity contribution >= 4 is 12.1 Å². The molecule has 1 aromatic carbocycles. The van der Waals surface area contributed by atoms with Gasteiger partial charge < -0.3 is 19.4 Å². The van der Waals surface area contributed by atoms with Crippen molar-refractivity contribution in [2.75, 3.05) is 27.8 Å². The fourth-order valence-electron chi connectivity index (χ4n) is 3.93. The SMILES string of the molecule is CCC(C=CC(C)N1CCc2nn(-c3cc(OC)cc(OC)c3)c(C)c2C1=O)C=NC. The van der Waals surface area contributed by atoms with E-state index in [0.29, 0.717) is 23.6 Å². The molecule has 2 atom stereocenters. The average Bonchev–Trinajstić information content (AvgIpc) is 3.13. The number of rotatable bonds is 8. The first-order valence-corrected chi connectivity index (χ1v) is 10.7. The van der Waals surface area contributed by atoms with Crippen LogP contribution in [0.25, 0.3) is 5.69 Å². The normalized spacial score (nSPS) is 16.1. The van der Waals surface area contributed by atoms with Crippen LogP contribution in [0.4, 0.5) is 0 Å². The van der Waals surface area contributed by atoms with E-state index in [1.807, 2.05) is 40.9 Å². The Morgan fingerprint density at radius 2 is 1.87 bits per heavy atom. The van der Waals surface area contributed by atoms with Gasteiger partial charge in [0.2, 0.25) is 0 Å². The van der Waals surface area contributed by atoms with Crippen LogP contribution in [0.5, 0.6) is 11.5 Å². The van der Waals surface area contributed by atoms with Crippen molar-refractivity contribution in [2.24, 2.45) is 10.9 Å². The van der Waals surface area contributed by atoms with Gasteiger partial charge >= 0.3 is 0 Å². The lowest BCUT2D eigenvalue weighted by atomic mass is 10.0. The second kappa shape index (κ2) is 9.81. The Morgan fingerprint density at radius 3 is 2.45 bits per heavy atom. The maximum atomic E-state index is 13.4. The van der Waals surface area contributed by atoms with Crippen LogP contribution < -0.4 is 9.47 Å². The number of aliphatic imine (C=N–C) groups is 1. The number of fused-ring (bicyclic) bond motifs is 1. The standard InChI is InChI=1S/C24H32N4O3/c1-7-18(15-25-4)9-8-16(2)27-11-10-22-23(24(27)29)17(3)28(26-22)19-12-20(30-5)14-21(13-19)31-6/h8-9,12-16,18H,7,10-11H2,1-6H3. The van der Waals surface area contributed by atoms with Crippen molar-refractivity contribution in [3.63, 3.8) is 0 Å². The third kappa shape index (κ3) is 4.65. The fraction of sp³-hybridized carbons (Fsp3) is 0.458. The lowest BCUT2D eigenvalue weighted by molar-refractivity contribution is 0.0706. The molecule has 0 saturated heterocycles. The van der Waals surface area contributed by atoms with E-state index in [-0.39, 0.29) is 17.9 Å². The first kappa shape index (κ1) is 22.6. The van der Waals surface area contributed by atoms with E-state index in [1.54, 1.807) is 21.3 Å². The van der Waals surface area contributed by atoms with Crippen LogP contribution in [0.3, 0.4) is 0 Å². The van der Waals surface area contributed by atoms with Crippen LogP contribution >= 0.6 is 0 Å². The number of allylic oxidation sites excluding steroid dienone is 1. The monoisotopic (exact) mass is 424 g/mol. The Balaban J connectivity index is 1.90. The maximum Gasteiger partial charge on any atom is 0.258 e. The van der Waals surface area contributed by atoms with Gasteiger partial charge in [0.05, 0.1) is 36.9 Å². The van der Waals surface area contributed by atoms with Gasteiger partial charge in [0.25, 0.3) is 5.91 Å². The lowest BCUT2D eigenvalue weighted by Gasteiger charge is -2.30. The summed E-state index contributed by atoms with van der Waals surface area (Å²) in [5, 5.41) is 4.75. The van der Waals surface area contributed by atoms with Crippen LogP contribution in [0.1, 0.15) is 42.0 Å². The van der Waals surface area contributed by atoms with E-state index in [1.165, 1.54) is 0 Å². The van der Waals surface area contributed by atoms with Gasteiger partial charge in [-0.2, -0.15) is 5.10 Å². The number of benzene rings is 1. The number of amides is 1. The van der Waals surface area contributed by atoms with Crippen LogP contribution in [-0.4, -0.2) is 60.7 Å². The first-order chi connectivity index (χ1) is 14.9. The highest BCUT2D eigenvalue weighted by Gasteiger charge is 2.32. The molecule has 0 spiro atoms. The number of methoxy groups -OCH3 is 2. The highest BCUT2D eigenvalue weighted by atomic mass is 16.5. The lowest BCUT2D eigenvalue weighted by Crippen LogP contribution is -2.42. The highest BCUT2D eigenvalue weighted by molar-refractivity contribution is 5.98. The molecule has 0 fully saturated rings. The minimum absolute atomic E-state index is 0.000352. The minimum Gasteiger partial charge on any atom is -0.497 e. The molecule has 1 aliphatic rings. The molecule has 0 saturated carbocycles. The molecule has 1 amide bonds. The van der Waals surface area contributed by atoms with Gasteiger partial charge in [-0.25, -0.2) is 4.68 Å². The predicted molar refractivity (Wildman–Crippen MR) is 123 cm³/mol. The average molecular weight is 425 g/mol. The topological polar surface area (TPSA) is 69.0 Å². The summed E-state index contributed by atoms with van der Waals surface area (Å²) in [5.41, 5.74) is 3.15. The van der Waals surface area contributed by atoms with Gasteiger partial charge in [0, 0.05) is 56.4 Å². The molecule has 1 aromatic heterocycles. The molecule has 7 heteroatoms. The summed E-state index contributed by atoms with van der Waals surface area (Å²) >= 11 is 0. The molecule has 7 nitrogen and oxygen atoms in total. The van der Waals surface area contributed by atoms with Crippen LogP contribution in [0.15, 0.2) is 35.3 Å². The second-order valence-corrected chi connectivity index (χ2v) is 7.74. The fourth-order valence-corrected chi connectivity index (χ4v) is 3.93. The Labute approximate surface area is 184 Å². The molecule has 2 heterocycles. The Hall–Kier alpha value is -3.09. The molecule has 0 radical (unpaired) electrons. The number of aromatic nitrogens is 2. The molecular formula is C24H32N4O3. The molecule has 2 aromatic rings. The first-order valence-electron chi connectivity index (χ1n) is 10.7. The number of carbonyl (C=O) groups is 1. The van der Waals surface area contributed by atoms with Crippen molar-refractivity contribution in [3.05, 3.63) is 47.3 Å². The van der Waals surface area contributed by atoms with Crippen molar-refractivity contribution < 1.29 is 14.3 Å². The summed E-state index contributed by atoms with van der Waals surface area (Å²) in [6.07, 6.45) is 7.89.